The lowest BCUT2D eigenvalue weighted by Gasteiger charge is -2.30. The van der Waals surface area contributed by atoms with Crippen LogP contribution >= 0.6 is 0 Å². The van der Waals surface area contributed by atoms with Gasteiger partial charge in [0.2, 0.25) is 0 Å². The first-order valence-electron chi connectivity index (χ1n) is 7.61. The monoisotopic (exact) mass is 271 g/mol. The Kier molecular flexibility index (Phi) is 4.32. The number of hydrogen-bond acceptors (Lipinski definition) is 3. The number of nitrogens with zero attached hydrogens (tertiary/aromatic N) is 2. The van der Waals surface area contributed by atoms with Gasteiger partial charge in [-0.05, 0) is 48.6 Å². The molecule has 1 aliphatic carbocycles. The summed E-state index contributed by atoms with van der Waals surface area (Å²) in [6.07, 6.45) is 4.54. The topological polar surface area (TPSA) is 48.7 Å². The quantitative estimate of drug-likeness (QED) is 0.902. The van der Waals surface area contributed by atoms with Crippen LogP contribution in [0.25, 0.3) is 0 Å². The first-order chi connectivity index (χ1) is 9.44. The zero-order valence-corrected chi connectivity index (χ0v) is 13.1. The van der Waals surface area contributed by atoms with Crippen LogP contribution in [0.5, 0.6) is 0 Å². The molecule has 0 unspecified atom stereocenters. The number of hydrogen-bond donors (Lipinski definition) is 1. The van der Waals surface area contributed by atoms with Crippen molar-refractivity contribution >= 4 is 5.82 Å². The molecule has 0 saturated heterocycles. The van der Waals surface area contributed by atoms with Gasteiger partial charge < -0.3 is 5.32 Å². The molecule has 0 bridgehead atoms. The Morgan fingerprint density at radius 3 is 2.70 bits per heavy atom. The van der Waals surface area contributed by atoms with Crippen LogP contribution in [0.15, 0.2) is 6.07 Å². The molecular weight excluding hydrogens is 246 g/mol. The summed E-state index contributed by atoms with van der Waals surface area (Å²) < 4.78 is 0. The van der Waals surface area contributed by atoms with Gasteiger partial charge >= 0.3 is 0 Å². The van der Waals surface area contributed by atoms with Gasteiger partial charge in [0.1, 0.15) is 11.9 Å². The summed E-state index contributed by atoms with van der Waals surface area (Å²) in [4.78, 5) is 4.71. The Balaban J connectivity index is 2.21. The molecule has 3 heteroatoms. The summed E-state index contributed by atoms with van der Waals surface area (Å²) in [5, 5.41) is 12.7. The Morgan fingerprint density at radius 1 is 1.35 bits per heavy atom. The lowest BCUT2D eigenvalue weighted by Crippen LogP contribution is -2.29. The van der Waals surface area contributed by atoms with Crippen LogP contribution in [0.3, 0.4) is 0 Å². The number of rotatable bonds is 4. The maximum Gasteiger partial charge on any atom is 0.144 e. The van der Waals surface area contributed by atoms with Crippen molar-refractivity contribution in [3.8, 4) is 6.07 Å². The molecular formula is C17H25N3. The molecule has 1 aromatic rings. The summed E-state index contributed by atoms with van der Waals surface area (Å²) in [7, 11) is 0. The summed E-state index contributed by atoms with van der Waals surface area (Å²) in [5.41, 5.74) is 3.32. The van der Waals surface area contributed by atoms with Crippen LogP contribution in [0.1, 0.15) is 57.4 Å². The minimum atomic E-state index is 0.185. The minimum absolute atomic E-state index is 0.185. The maximum absolute atomic E-state index is 9.33. The van der Waals surface area contributed by atoms with E-state index in [1.807, 2.05) is 6.07 Å². The van der Waals surface area contributed by atoms with E-state index in [-0.39, 0.29) is 5.41 Å². The van der Waals surface area contributed by atoms with E-state index in [0.29, 0.717) is 11.5 Å². The summed E-state index contributed by atoms with van der Waals surface area (Å²) >= 11 is 0. The number of anilines is 1. The van der Waals surface area contributed by atoms with E-state index in [4.69, 9.17) is 4.98 Å². The predicted molar refractivity (Wildman–Crippen MR) is 82.7 cm³/mol. The van der Waals surface area contributed by atoms with Crippen molar-refractivity contribution in [2.75, 3.05) is 11.9 Å². The first kappa shape index (κ1) is 14.8. The van der Waals surface area contributed by atoms with E-state index in [2.05, 4.69) is 39.1 Å². The highest BCUT2D eigenvalue weighted by Crippen LogP contribution is 2.28. The number of aromatic nitrogens is 1. The molecule has 2 rings (SSSR count). The van der Waals surface area contributed by atoms with Gasteiger partial charge in [-0.3, -0.25) is 0 Å². The highest BCUT2D eigenvalue weighted by atomic mass is 15.0. The van der Waals surface area contributed by atoms with Crippen LogP contribution in [0.2, 0.25) is 0 Å². The van der Waals surface area contributed by atoms with Gasteiger partial charge in [-0.15, -0.1) is 0 Å². The van der Waals surface area contributed by atoms with Gasteiger partial charge in [0, 0.05) is 12.2 Å². The Hall–Kier alpha value is -1.56. The van der Waals surface area contributed by atoms with Crippen molar-refractivity contribution in [1.29, 1.82) is 5.26 Å². The van der Waals surface area contributed by atoms with E-state index >= 15 is 0 Å². The zero-order valence-electron chi connectivity index (χ0n) is 13.1. The molecule has 0 atom stereocenters. The van der Waals surface area contributed by atoms with E-state index < -0.39 is 0 Å². The zero-order chi connectivity index (χ0) is 14.8. The first-order valence-corrected chi connectivity index (χ1v) is 7.61. The van der Waals surface area contributed by atoms with Crippen LogP contribution in [-0.2, 0) is 12.8 Å². The smallest absolute Gasteiger partial charge is 0.144 e. The van der Waals surface area contributed by atoms with Crippen LogP contribution in [0, 0.1) is 22.7 Å². The van der Waals surface area contributed by atoms with Gasteiger partial charge in [0.05, 0.1) is 5.56 Å². The summed E-state index contributed by atoms with van der Waals surface area (Å²) in [5.74, 6) is 1.35. The molecule has 1 heterocycles. The lowest BCUT2D eigenvalue weighted by atomic mass is 9.81. The minimum Gasteiger partial charge on any atom is -0.368 e. The third-order valence-corrected chi connectivity index (χ3v) is 4.70. The largest absolute Gasteiger partial charge is 0.368 e. The maximum atomic E-state index is 9.33. The molecule has 108 valence electrons. The van der Waals surface area contributed by atoms with E-state index in [0.717, 1.165) is 25.2 Å². The van der Waals surface area contributed by atoms with Crippen LogP contribution < -0.4 is 5.32 Å². The van der Waals surface area contributed by atoms with Crippen LogP contribution in [-0.4, -0.2) is 11.5 Å². The molecule has 1 aromatic heterocycles. The highest BCUT2D eigenvalue weighted by Gasteiger charge is 2.23. The Morgan fingerprint density at radius 2 is 2.05 bits per heavy atom. The Bertz CT molecular complexity index is 524. The molecule has 3 nitrogen and oxygen atoms in total. The third-order valence-electron chi connectivity index (χ3n) is 4.70. The normalized spacial score (nSPS) is 14.8. The molecule has 0 spiro atoms. The van der Waals surface area contributed by atoms with Gasteiger partial charge in [0.15, 0.2) is 0 Å². The van der Waals surface area contributed by atoms with Gasteiger partial charge in [-0.25, -0.2) is 4.98 Å². The van der Waals surface area contributed by atoms with Gasteiger partial charge in [-0.1, -0.05) is 27.7 Å². The molecule has 0 saturated carbocycles. The second kappa shape index (κ2) is 5.83. The van der Waals surface area contributed by atoms with Gasteiger partial charge in [0.25, 0.3) is 0 Å². The number of fused-ring (bicyclic) bond motifs is 1. The molecule has 0 aromatic carbocycles. The highest BCUT2D eigenvalue weighted by molar-refractivity contribution is 5.54. The fourth-order valence-electron chi connectivity index (χ4n) is 2.37. The predicted octanol–water partition coefficient (Wildman–Crippen LogP) is 3.93. The summed E-state index contributed by atoms with van der Waals surface area (Å²) in [6, 6.07) is 4.32. The van der Waals surface area contributed by atoms with Crippen molar-refractivity contribution in [2.24, 2.45) is 11.3 Å². The standard InChI is InChI=1S/C17H25N3/c1-12(2)17(3,4)11-19-16-14(10-18)9-13-7-5-6-8-15(13)20-16/h9,12H,5-8,11H2,1-4H3,(H,19,20). The average Bonchev–Trinajstić information content (AvgIpc) is 2.43. The van der Waals surface area contributed by atoms with E-state index in [1.54, 1.807) is 0 Å². The fourth-order valence-corrected chi connectivity index (χ4v) is 2.37. The van der Waals surface area contributed by atoms with Crippen molar-refractivity contribution in [2.45, 2.75) is 53.4 Å². The SMILES string of the molecule is CC(C)C(C)(C)CNc1nc2c(cc1C#N)CCCC2. The van der Waals surface area contributed by atoms with Crippen molar-refractivity contribution < 1.29 is 0 Å². The number of nitriles is 1. The average molecular weight is 271 g/mol. The second-order valence-electron chi connectivity index (χ2n) is 6.81. The molecule has 0 radical (unpaired) electrons. The van der Waals surface area contributed by atoms with E-state index in [1.165, 1.54) is 24.1 Å². The van der Waals surface area contributed by atoms with Crippen molar-refractivity contribution in [3.63, 3.8) is 0 Å². The molecule has 1 aliphatic rings. The molecule has 1 N–H and O–H groups in total. The lowest BCUT2D eigenvalue weighted by molar-refractivity contribution is 0.269. The fraction of sp³-hybridized carbons (Fsp3) is 0.647. The van der Waals surface area contributed by atoms with Crippen molar-refractivity contribution in [3.05, 3.63) is 22.9 Å². The van der Waals surface area contributed by atoms with E-state index in [9.17, 15) is 5.26 Å². The molecule has 20 heavy (non-hydrogen) atoms. The van der Waals surface area contributed by atoms with Crippen molar-refractivity contribution in [1.82, 2.24) is 4.98 Å². The Labute approximate surface area is 122 Å². The van der Waals surface area contributed by atoms with Crippen LogP contribution in [0.4, 0.5) is 5.82 Å². The number of aryl methyl sites for hydroxylation is 2. The molecule has 0 amide bonds. The number of pyridine rings is 1. The molecule has 0 fully saturated rings. The summed E-state index contributed by atoms with van der Waals surface area (Å²) in [6.45, 7) is 9.79. The third kappa shape index (κ3) is 3.12. The second-order valence-corrected chi connectivity index (χ2v) is 6.81. The molecule has 0 aliphatic heterocycles. The van der Waals surface area contributed by atoms with Gasteiger partial charge in [-0.2, -0.15) is 5.26 Å². The number of nitrogens with one attached hydrogen (secondary N) is 1.